The fraction of sp³-hybridized carbons (Fsp3) is 0. The molecule has 3 rings (SSSR count). The highest BCUT2D eigenvalue weighted by molar-refractivity contribution is 5.60. The Balaban J connectivity index is 2.00. The first-order chi connectivity index (χ1) is 8.83. The maximum absolute atomic E-state index is 9.41. The van der Waals surface area contributed by atoms with Gasteiger partial charge in [0.2, 0.25) is 5.82 Å². The number of rotatable bonds is 2. The standard InChI is InChI=1S/C14H10N2O2/c17-12-8-4-7-11(9-12)13-15-14(18-16-13)10-5-2-1-3-6-10/h1-9,17H. The van der Waals surface area contributed by atoms with Crippen LogP contribution in [-0.4, -0.2) is 15.2 Å². The van der Waals surface area contributed by atoms with Crippen LogP contribution in [0.4, 0.5) is 0 Å². The number of hydrogen-bond donors (Lipinski definition) is 1. The fourth-order valence-corrected chi connectivity index (χ4v) is 1.68. The van der Waals surface area contributed by atoms with Crippen LogP contribution in [0, 0.1) is 0 Å². The third kappa shape index (κ3) is 1.96. The highest BCUT2D eigenvalue weighted by Gasteiger charge is 2.10. The van der Waals surface area contributed by atoms with Crippen molar-refractivity contribution < 1.29 is 9.63 Å². The van der Waals surface area contributed by atoms with E-state index in [0.29, 0.717) is 11.7 Å². The Morgan fingerprint density at radius 2 is 1.67 bits per heavy atom. The summed E-state index contributed by atoms with van der Waals surface area (Å²) in [6.45, 7) is 0. The van der Waals surface area contributed by atoms with E-state index in [-0.39, 0.29) is 5.75 Å². The molecule has 0 saturated heterocycles. The van der Waals surface area contributed by atoms with E-state index in [1.54, 1.807) is 18.2 Å². The van der Waals surface area contributed by atoms with Gasteiger partial charge in [-0.3, -0.25) is 0 Å². The summed E-state index contributed by atoms with van der Waals surface area (Å²) in [5.74, 6) is 1.11. The third-order valence-electron chi connectivity index (χ3n) is 2.55. The van der Waals surface area contributed by atoms with Crippen molar-refractivity contribution in [3.8, 4) is 28.6 Å². The maximum Gasteiger partial charge on any atom is 0.258 e. The van der Waals surface area contributed by atoms with E-state index >= 15 is 0 Å². The highest BCUT2D eigenvalue weighted by Crippen LogP contribution is 2.23. The van der Waals surface area contributed by atoms with E-state index in [4.69, 9.17) is 4.52 Å². The Labute approximate surface area is 104 Å². The van der Waals surface area contributed by atoms with Gasteiger partial charge in [0.25, 0.3) is 5.89 Å². The summed E-state index contributed by atoms with van der Waals surface area (Å²) >= 11 is 0. The molecule has 0 radical (unpaired) electrons. The van der Waals surface area contributed by atoms with Gasteiger partial charge in [-0.2, -0.15) is 4.98 Å². The summed E-state index contributed by atoms with van der Waals surface area (Å²) in [5, 5.41) is 13.3. The largest absolute Gasteiger partial charge is 0.508 e. The maximum atomic E-state index is 9.41. The Morgan fingerprint density at radius 3 is 2.44 bits per heavy atom. The molecule has 4 nitrogen and oxygen atoms in total. The molecule has 0 amide bonds. The fourth-order valence-electron chi connectivity index (χ4n) is 1.68. The minimum Gasteiger partial charge on any atom is -0.508 e. The van der Waals surface area contributed by atoms with E-state index < -0.39 is 0 Å². The Bertz CT molecular complexity index is 662. The Kier molecular flexibility index (Phi) is 2.53. The second-order valence-corrected chi connectivity index (χ2v) is 3.84. The van der Waals surface area contributed by atoms with Crippen LogP contribution in [-0.2, 0) is 0 Å². The molecule has 0 fully saturated rings. The van der Waals surface area contributed by atoms with Gasteiger partial charge in [-0.1, -0.05) is 35.5 Å². The van der Waals surface area contributed by atoms with E-state index in [0.717, 1.165) is 11.1 Å². The summed E-state index contributed by atoms with van der Waals surface area (Å²) in [7, 11) is 0. The number of aromatic nitrogens is 2. The van der Waals surface area contributed by atoms with Gasteiger partial charge in [-0.25, -0.2) is 0 Å². The first kappa shape index (κ1) is 10.5. The molecular formula is C14H10N2O2. The van der Waals surface area contributed by atoms with Gasteiger partial charge in [0.05, 0.1) is 0 Å². The predicted molar refractivity (Wildman–Crippen MR) is 66.8 cm³/mol. The van der Waals surface area contributed by atoms with Gasteiger partial charge in [0.1, 0.15) is 5.75 Å². The molecule has 3 aromatic rings. The minimum atomic E-state index is 0.179. The average Bonchev–Trinajstić information content (AvgIpc) is 2.89. The van der Waals surface area contributed by atoms with Crippen LogP contribution in [0.1, 0.15) is 0 Å². The minimum absolute atomic E-state index is 0.179. The van der Waals surface area contributed by atoms with Crippen molar-refractivity contribution in [1.29, 1.82) is 0 Å². The first-order valence-electron chi connectivity index (χ1n) is 5.51. The quantitative estimate of drug-likeness (QED) is 0.745. The van der Waals surface area contributed by atoms with Crippen LogP contribution < -0.4 is 0 Å². The summed E-state index contributed by atoms with van der Waals surface area (Å²) in [6.07, 6.45) is 0. The van der Waals surface area contributed by atoms with Crippen LogP contribution in [0.2, 0.25) is 0 Å². The van der Waals surface area contributed by atoms with Crippen LogP contribution in [0.15, 0.2) is 59.1 Å². The van der Waals surface area contributed by atoms with Crippen molar-refractivity contribution in [3.05, 3.63) is 54.6 Å². The van der Waals surface area contributed by atoms with Crippen molar-refractivity contribution in [3.63, 3.8) is 0 Å². The van der Waals surface area contributed by atoms with Crippen molar-refractivity contribution in [2.75, 3.05) is 0 Å². The zero-order valence-corrected chi connectivity index (χ0v) is 9.45. The second kappa shape index (κ2) is 4.33. The molecule has 88 valence electrons. The Hall–Kier alpha value is -2.62. The molecular weight excluding hydrogens is 228 g/mol. The highest BCUT2D eigenvalue weighted by atomic mass is 16.5. The van der Waals surface area contributed by atoms with E-state index in [1.807, 2.05) is 36.4 Å². The van der Waals surface area contributed by atoms with Gasteiger partial charge in [0, 0.05) is 11.1 Å². The molecule has 0 spiro atoms. The number of phenols is 1. The normalized spacial score (nSPS) is 10.4. The van der Waals surface area contributed by atoms with Crippen LogP contribution >= 0.6 is 0 Å². The number of phenolic OH excluding ortho intramolecular Hbond substituents is 1. The van der Waals surface area contributed by atoms with Crippen molar-refractivity contribution in [2.45, 2.75) is 0 Å². The zero-order valence-electron chi connectivity index (χ0n) is 9.45. The number of hydrogen-bond acceptors (Lipinski definition) is 4. The molecule has 0 aliphatic carbocycles. The van der Waals surface area contributed by atoms with Gasteiger partial charge < -0.3 is 9.63 Å². The van der Waals surface area contributed by atoms with Gasteiger partial charge in [-0.15, -0.1) is 0 Å². The van der Waals surface area contributed by atoms with Crippen LogP contribution in [0.3, 0.4) is 0 Å². The van der Waals surface area contributed by atoms with Crippen molar-refractivity contribution >= 4 is 0 Å². The lowest BCUT2D eigenvalue weighted by molar-refractivity contribution is 0.432. The molecule has 0 bridgehead atoms. The number of aromatic hydroxyl groups is 1. The summed E-state index contributed by atoms with van der Waals surface area (Å²) < 4.78 is 5.20. The predicted octanol–water partition coefficient (Wildman–Crippen LogP) is 3.11. The molecule has 0 unspecified atom stereocenters. The summed E-state index contributed by atoms with van der Waals surface area (Å²) in [4.78, 5) is 4.30. The van der Waals surface area contributed by atoms with E-state index in [1.165, 1.54) is 0 Å². The molecule has 0 saturated carbocycles. The molecule has 0 aliphatic heterocycles. The number of benzene rings is 2. The van der Waals surface area contributed by atoms with Crippen LogP contribution in [0.5, 0.6) is 5.75 Å². The summed E-state index contributed by atoms with van der Waals surface area (Å²) in [5.41, 5.74) is 1.59. The zero-order chi connectivity index (χ0) is 12.4. The van der Waals surface area contributed by atoms with Gasteiger partial charge >= 0.3 is 0 Å². The monoisotopic (exact) mass is 238 g/mol. The van der Waals surface area contributed by atoms with E-state index in [9.17, 15) is 5.11 Å². The molecule has 2 aromatic carbocycles. The Morgan fingerprint density at radius 1 is 0.889 bits per heavy atom. The molecule has 0 atom stereocenters. The molecule has 18 heavy (non-hydrogen) atoms. The second-order valence-electron chi connectivity index (χ2n) is 3.84. The van der Waals surface area contributed by atoms with Crippen molar-refractivity contribution in [1.82, 2.24) is 10.1 Å². The molecule has 0 aliphatic rings. The van der Waals surface area contributed by atoms with Crippen LogP contribution in [0.25, 0.3) is 22.8 Å². The smallest absolute Gasteiger partial charge is 0.258 e. The van der Waals surface area contributed by atoms with Gasteiger partial charge in [-0.05, 0) is 24.3 Å². The number of nitrogens with zero attached hydrogens (tertiary/aromatic N) is 2. The first-order valence-corrected chi connectivity index (χ1v) is 5.51. The van der Waals surface area contributed by atoms with Crippen molar-refractivity contribution in [2.24, 2.45) is 0 Å². The average molecular weight is 238 g/mol. The lowest BCUT2D eigenvalue weighted by Gasteiger charge is -1.94. The SMILES string of the molecule is Oc1cccc(-c2noc(-c3ccccc3)n2)c1. The molecule has 1 N–H and O–H groups in total. The molecule has 4 heteroatoms. The topological polar surface area (TPSA) is 59.2 Å². The lowest BCUT2D eigenvalue weighted by atomic mass is 10.2. The van der Waals surface area contributed by atoms with E-state index in [2.05, 4.69) is 10.1 Å². The van der Waals surface area contributed by atoms with Gasteiger partial charge in [0.15, 0.2) is 0 Å². The molecule has 1 aromatic heterocycles. The summed E-state index contributed by atoms with van der Waals surface area (Å²) in [6, 6.07) is 16.3. The molecule has 1 heterocycles. The lowest BCUT2D eigenvalue weighted by Crippen LogP contribution is -1.80. The third-order valence-corrected chi connectivity index (χ3v) is 2.55.